The lowest BCUT2D eigenvalue weighted by molar-refractivity contribution is -0.123. The topological polar surface area (TPSA) is 180 Å². The summed E-state index contributed by atoms with van der Waals surface area (Å²) in [7, 11) is -7.85. The molecule has 0 aliphatic heterocycles. The Labute approximate surface area is 392 Å². The van der Waals surface area contributed by atoms with Gasteiger partial charge < -0.3 is 5.32 Å². The number of sulfonamides is 1. The van der Waals surface area contributed by atoms with Gasteiger partial charge in [0.15, 0.2) is 15.7 Å². The van der Waals surface area contributed by atoms with Crippen LogP contribution in [0.2, 0.25) is 5.02 Å². The van der Waals surface area contributed by atoms with Crippen molar-refractivity contribution in [2.24, 2.45) is 5.92 Å². The van der Waals surface area contributed by atoms with E-state index in [2.05, 4.69) is 32.1 Å². The van der Waals surface area contributed by atoms with E-state index >= 15 is 13.6 Å². The predicted octanol–water partition coefficient (Wildman–Crippen LogP) is 7.45. The molecule has 0 saturated heterocycles. The molecule has 14 nitrogen and oxygen atoms in total. The fourth-order valence-electron chi connectivity index (χ4n) is 8.56. The number of nitrogens with one attached hydrogen (secondary N) is 2. The lowest BCUT2D eigenvalue weighted by Crippen LogP contribution is -2.38. The first-order valence-electron chi connectivity index (χ1n) is 21.1. The van der Waals surface area contributed by atoms with Crippen LogP contribution >= 0.6 is 11.6 Å². The van der Waals surface area contributed by atoms with Crippen LogP contribution in [0.3, 0.4) is 0 Å². The van der Waals surface area contributed by atoms with Crippen LogP contribution in [0.25, 0.3) is 27.5 Å². The Morgan fingerprint density at radius 1 is 0.986 bits per heavy atom. The molecule has 1 amide bonds. The summed E-state index contributed by atoms with van der Waals surface area (Å²) < 4.78 is 172. The first-order valence-corrected chi connectivity index (χ1v) is 24.9. The van der Waals surface area contributed by atoms with Crippen molar-refractivity contribution in [3.63, 3.8) is 0 Å². The third kappa shape index (κ3) is 8.81. The number of amides is 1. The molecule has 2 fully saturated rings. The van der Waals surface area contributed by atoms with Crippen molar-refractivity contribution in [1.82, 2.24) is 34.4 Å². The fourth-order valence-corrected chi connectivity index (χ4v) is 10.4. The number of fused-ring (bicyclic) bond motifs is 5. The van der Waals surface area contributed by atoms with E-state index in [1.54, 1.807) is 0 Å². The van der Waals surface area contributed by atoms with Crippen molar-refractivity contribution in [2.45, 2.75) is 93.4 Å². The molecule has 3 aromatic heterocycles. The van der Waals surface area contributed by atoms with Gasteiger partial charge in [0.1, 0.15) is 46.7 Å². The second-order valence-electron chi connectivity index (χ2n) is 17.7. The maximum absolute atomic E-state index is 15.6. The highest BCUT2D eigenvalue weighted by atomic mass is 35.5. The van der Waals surface area contributed by atoms with Crippen molar-refractivity contribution >= 4 is 65.0 Å². The Balaban J connectivity index is 1.27. The Morgan fingerprint density at radius 2 is 1.68 bits per heavy atom. The molecule has 3 aliphatic carbocycles. The number of nitrogens with zero attached hydrogens (tertiary/aromatic N) is 6. The van der Waals surface area contributed by atoms with Crippen molar-refractivity contribution in [2.75, 3.05) is 11.0 Å². The molecule has 0 radical (unpaired) electrons. The molecule has 2 N–H and O–H groups in total. The lowest BCUT2D eigenvalue weighted by atomic mass is 10.0. The number of hydrogen-bond donors (Lipinski definition) is 2. The van der Waals surface area contributed by atoms with Crippen LogP contribution in [0.15, 0.2) is 53.3 Å². The number of alkyl halides is 6. The van der Waals surface area contributed by atoms with Gasteiger partial charge in [-0.05, 0) is 87.1 Å². The number of benzene rings is 3. The lowest BCUT2D eigenvalue weighted by Gasteiger charge is -2.24. The molecule has 0 spiro atoms. The van der Waals surface area contributed by atoms with Gasteiger partial charge in [0.05, 0.1) is 43.8 Å². The molecule has 6 aromatic rings. The van der Waals surface area contributed by atoms with Gasteiger partial charge in [-0.1, -0.05) is 23.4 Å². The van der Waals surface area contributed by atoms with E-state index < -0.39 is 132 Å². The number of anilines is 1. The molecular weight excluding hydrogens is 988 g/mol. The predicted molar refractivity (Wildman–Crippen MR) is 236 cm³/mol. The summed E-state index contributed by atoms with van der Waals surface area (Å²) in [5.41, 5.74) is -4.06. The summed E-state index contributed by atoms with van der Waals surface area (Å²) in [6.45, 7) is 0.424. The van der Waals surface area contributed by atoms with Gasteiger partial charge in [0, 0.05) is 35.8 Å². The third-order valence-corrected chi connectivity index (χ3v) is 16.5. The van der Waals surface area contributed by atoms with Crippen LogP contribution in [0.1, 0.15) is 85.4 Å². The first-order chi connectivity index (χ1) is 32.2. The minimum atomic E-state index is -4.12. The molecule has 3 aromatic carbocycles. The SMILES string of the molecule is CC(C)(C#Cc1ccc2c(=O)n(-c3ccc(Cl)c4c(NS(=O)(=O)C5CC5)nn(CC(F)F)c34)c([C@H](Cc3cc(F)cc(F)c3)NC(=O)Cn3nc(C(F)F)c4c3C(F)(F)[C@H]3C[C@@H]43)nc2c1)S(C)(=O)=O. The van der Waals surface area contributed by atoms with Gasteiger partial charge in [-0.2, -0.15) is 19.0 Å². The van der Waals surface area contributed by atoms with Crippen molar-refractivity contribution in [1.29, 1.82) is 0 Å². The van der Waals surface area contributed by atoms with Crippen LogP contribution in [-0.2, 0) is 50.1 Å². The standard InChI is InChI=1S/C44H37ClF8N8O6S2/c1-43(2,68(3,64)65)11-10-20-4-7-25-29(14-20)55-41(61(42(25)63)31-9-8-28(45)35-37(31)59(18-32(48)49)57-40(35)58-69(66,67)24-5-6-24)30(15-21-12-22(46)16-23(47)13-21)54-33(62)19-60-38-34(36(56-60)39(50)51)26-17-27(26)44(38,52)53/h4,7-9,12-14,16,24,26-27,30,32,39H,5-6,15,17-19H2,1-3H3,(H,54,62)(H,57,58)/t26-,27+,30+/m1/s1. The van der Waals surface area contributed by atoms with Gasteiger partial charge in [-0.15, -0.1) is 0 Å². The Bertz CT molecular complexity index is 3490. The van der Waals surface area contributed by atoms with Gasteiger partial charge in [-0.25, -0.2) is 48.2 Å². The average molecular weight is 1030 g/mol. The number of aromatic nitrogens is 6. The molecule has 9 rings (SSSR count). The first kappa shape index (κ1) is 48.0. The maximum Gasteiger partial charge on any atom is 0.293 e. The van der Waals surface area contributed by atoms with E-state index in [4.69, 9.17) is 16.6 Å². The third-order valence-electron chi connectivity index (χ3n) is 12.4. The van der Waals surface area contributed by atoms with Crippen LogP contribution in [-0.4, -0.2) is 74.5 Å². The molecule has 0 bridgehead atoms. The smallest absolute Gasteiger partial charge is 0.293 e. The highest BCUT2D eigenvalue weighted by Gasteiger charge is 2.67. The van der Waals surface area contributed by atoms with Crippen LogP contribution in [0.4, 0.5) is 40.9 Å². The Morgan fingerprint density at radius 3 is 2.32 bits per heavy atom. The minimum Gasteiger partial charge on any atom is -0.344 e. The molecule has 69 heavy (non-hydrogen) atoms. The molecular formula is C44H37ClF8N8O6S2. The van der Waals surface area contributed by atoms with E-state index in [9.17, 15) is 48.0 Å². The van der Waals surface area contributed by atoms with Gasteiger partial charge in [-0.3, -0.25) is 28.2 Å². The number of sulfone groups is 1. The number of rotatable bonds is 14. The maximum atomic E-state index is 15.6. The second kappa shape index (κ2) is 16.8. The largest absolute Gasteiger partial charge is 0.344 e. The Hall–Kier alpha value is -6.06. The number of carbonyl (C=O) groups is 1. The van der Waals surface area contributed by atoms with Crippen LogP contribution < -0.4 is 15.6 Å². The summed E-state index contributed by atoms with van der Waals surface area (Å²) in [6.07, 6.45) is -5.54. The van der Waals surface area contributed by atoms with Gasteiger partial charge in [0.2, 0.25) is 15.9 Å². The molecule has 3 aliphatic rings. The normalized spacial score (nSPS) is 18.1. The highest BCUT2D eigenvalue weighted by Crippen LogP contribution is 2.68. The molecule has 364 valence electrons. The van der Waals surface area contributed by atoms with Crippen LogP contribution in [0.5, 0.6) is 0 Å². The fraction of sp³-hybridized carbons (Fsp3) is 0.386. The van der Waals surface area contributed by atoms with Crippen molar-refractivity contribution < 1.29 is 56.8 Å². The minimum absolute atomic E-state index is 0.0696. The zero-order valence-corrected chi connectivity index (χ0v) is 38.6. The quantitative estimate of drug-likeness (QED) is 0.0828. The molecule has 3 atom stereocenters. The number of halogens is 9. The summed E-state index contributed by atoms with van der Waals surface area (Å²) in [5.74, 6) is -4.77. The molecule has 3 heterocycles. The monoisotopic (exact) mass is 1020 g/mol. The van der Waals surface area contributed by atoms with Gasteiger partial charge >= 0.3 is 0 Å². The number of carbonyl (C=O) groups excluding carboxylic acids is 1. The summed E-state index contributed by atoms with van der Waals surface area (Å²) >= 11 is 6.65. The zero-order valence-electron chi connectivity index (χ0n) is 36.2. The molecule has 0 unspecified atom stereocenters. The average Bonchev–Trinajstić information content (AvgIpc) is 4.16. The second-order valence-corrected chi connectivity index (χ2v) is 22.6. The Kier molecular flexibility index (Phi) is 11.7. The van der Waals surface area contributed by atoms with E-state index in [1.807, 2.05) is 0 Å². The van der Waals surface area contributed by atoms with Gasteiger partial charge in [0.25, 0.3) is 24.3 Å². The van der Waals surface area contributed by atoms with E-state index in [0.717, 1.165) is 23.0 Å². The summed E-state index contributed by atoms with van der Waals surface area (Å²) in [4.78, 5) is 34.1. The molecule has 2 saturated carbocycles. The summed E-state index contributed by atoms with van der Waals surface area (Å²) in [6, 6.07) is 6.84. The molecule has 25 heteroatoms. The van der Waals surface area contributed by atoms with Crippen LogP contribution in [0, 0.1) is 29.4 Å². The van der Waals surface area contributed by atoms with E-state index in [1.165, 1.54) is 44.2 Å². The van der Waals surface area contributed by atoms with E-state index in [0.29, 0.717) is 28.3 Å². The highest BCUT2D eigenvalue weighted by molar-refractivity contribution is 7.93. The summed E-state index contributed by atoms with van der Waals surface area (Å²) in [5, 5.41) is 8.91. The van der Waals surface area contributed by atoms with E-state index in [-0.39, 0.29) is 55.6 Å². The van der Waals surface area contributed by atoms with Crippen molar-refractivity contribution in [3.8, 4) is 17.5 Å². The zero-order chi connectivity index (χ0) is 49.9. The van der Waals surface area contributed by atoms with Crippen molar-refractivity contribution in [3.05, 3.63) is 109 Å². The number of hydrogen-bond acceptors (Lipinski definition) is 9.